The lowest BCUT2D eigenvalue weighted by Crippen LogP contribution is -2.28. The molecule has 2 heterocycles. The Kier molecular flexibility index (Phi) is 5.98. The van der Waals surface area contributed by atoms with Crippen LogP contribution in [0.3, 0.4) is 0 Å². The highest BCUT2D eigenvalue weighted by Gasteiger charge is 2.35. The fraction of sp³-hybridized carbons (Fsp3) is 0.200. The van der Waals surface area contributed by atoms with Gasteiger partial charge in [-0.3, -0.25) is 9.59 Å². The minimum atomic E-state index is -0.373. The molecule has 1 fully saturated rings. The lowest BCUT2D eigenvalue weighted by Gasteiger charge is -2.17. The first kappa shape index (κ1) is 20.1. The number of nitrogens with zero attached hydrogens (tertiary/aromatic N) is 3. The molecule has 1 aliphatic rings. The lowest BCUT2D eigenvalue weighted by atomic mass is 10.1. The van der Waals surface area contributed by atoms with Crippen LogP contribution in [0, 0.1) is 12.8 Å². The number of rotatable bonds is 5. The van der Waals surface area contributed by atoms with Gasteiger partial charge >= 0.3 is 0 Å². The number of anilines is 2. The molecule has 1 atom stereocenters. The average molecular weight is 489 g/mol. The standard InChI is InChI=1S/C20H17BrN4O2S2/c1-12-8-15(4-7-17(12)21)25-10-13(9-18(25)26)19(27)23-14-2-5-16(6-3-14)29-20-24-22-11-28-20/h2-8,11,13H,9-10H2,1H3,(H,23,27). The fourth-order valence-electron chi connectivity index (χ4n) is 3.09. The van der Waals surface area contributed by atoms with Crippen molar-refractivity contribution in [1.82, 2.24) is 10.2 Å². The molecule has 4 rings (SSSR count). The molecule has 0 bridgehead atoms. The Hall–Kier alpha value is -2.23. The SMILES string of the molecule is Cc1cc(N2CC(C(=O)Nc3ccc(Sc4nncs4)cc3)CC2=O)ccc1Br. The molecule has 2 amide bonds. The van der Waals surface area contributed by atoms with E-state index >= 15 is 0 Å². The van der Waals surface area contributed by atoms with Gasteiger partial charge in [0, 0.05) is 33.7 Å². The van der Waals surface area contributed by atoms with Crippen LogP contribution in [-0.4, -0.2) is 28.6 Å². The van der Waals surface area contributed by atoms with E-state index in [4.69, 9.17) is 0 Å². The van der Waals surface area contributed by atoms with Crippen LogP contribution in [0.15, 0.2) is 61.7 Å². The van der Waals surface area contributed by atoms with Crippen molar-refractivity contribution in [1.29, 1.82) is 0 Å². The zero-order valence-corrected chi connectivity index (χ0v) is 18.7. The monoisotopic (exact) mass is 488 g/mol. The molecule has 9 heteroatoms. The number of benzene rings is 2. The van der Waals surface area contributed by atoms with Crippen LogP contribution < -0.4 is 10.2 Å². The van der Waals surface area contributed by atoms with Crippen LogP contribution in [0.1, 0.15) is 12.0 Å². The Balaban J connectivity index is 1.38. The molecule has 0 saturated carbocycles. The molecule has 6 nitrogen and oxygen atoms in total. The molecule has 3 aromatic rings. The Bertz CT molecular complexity index is 1040. The van der Waals surface area contributed by atoms with Gasteiger partial charge < -0.3 is 10.2 Å². The molecule has 148 valence electrons. The van der Waals surface area contributed by atoms with Crippen molar-refractivity contribution in [3.05, 3.63) is 58.0 Å². The molecule has 1 N–H and O–H groups in total. The molecule has 0 spiro atoms. The summed E-state index contributed by atoms with van der Waals surface area (Å²) in [5.74, 6) is -0.545. The van der Waals surface area contributed by atoms with E-state index in [2.05, 4.69) is 31.4 Å². The molecule has 0 radical (unpaired) electrons. The Morgan fingerprint density at radius 2 is 2.07 bits per heavy atom. The highest BCUT2D eigenvalue weighted by molar-refractivity contribution is 9.10. The summed E-state index contributed by atoms with van der Waals surface area (Å²) in [5, 5.41) is 10.7. The third-order valence-electron chi connectivity index (χ3n) is 4.62. The van der Waals surface area contributed by atoms with E-state index in [1.807, 2.05) is 49.4 Å². The maximum Gasteiger partial charge on any atom is 0.229 e. The molecule has 1 unspecified atom stereocenters. The molecular formula is C20H17BrN4O2S2. The van der Waals surface area contributed by atoms with Crippen molar-refractivity contribution >= 4 is 62.2 Å². The number of aryl methyl sites for hydroxylation is 1. The second kappa shape index (κ2) is 8.64. The normalized spacial score (nSPS) is 16.3. The predicted molar refractivity (Wildman–Crippen MR) is 118 cm³/mol. The zero-order valence-electron chi connectivity index (χ0n) is 15.5. The van der Waals surface area contributed by atoms with Gasteiger partial charge in [0.25, 0.3) is 0 Å². The first-order chi connectivity index (χ1) is 14.0. The summed E-state index contributed by atoms with van der Waals surface area (Å²) in [6.07, 6.45) is 0.214. The van der Waals surface area contributed by atoms with Gasteiger partial charge in [-0.15, -0.1) is 10.2 Å². The van der Waals surface area contributed by atoms with E-state index in [9.17, 15) is 9.59 Å². The molecule has 1 saturated heterocycles. The lowest BCUT2D eigenvalue weighted by molar-refractivity contribution is -0.122. The third-order valence-corrected chi connectivity index (χ3v) is 7.29. The minimum Gasteiger partial charge on any atom is -0.326 e. The summed E-state index contributed by atoms with van der Waals surface area (Å²) in [5.41, 5.74) is 4.28. The smallest absolute Gasteiger partial charge is 0.229 e. The summed E-state index contributed by atoms with van der Waals surface area (Å²) >= 11 is 6.48. The van der Waals surface area contributed by atoms with Gasteiger partial charge in [-0.05, 0) is 55.0 Å². The van der Waals surface area contributed by atoms with Crippen LogP contribution in [0.25, 0.3) is 0 Å². The molecule has 29 heavy (non-hydrogen) atoms. The van der Waals surface area contributed by atoms with Crippen molar-refractivity contribution in [3.8, 4) is 0 Å². The summed E-state index contributed by atoms with van der Waals surface area (Å²) in [6.45, 7) is 2.36. The topological polar surface area (TPSA) is 75.2 Å². The second-order valence-electron chi connectivity index (χ2n) is 6.66. The number of aromatic nitrogens is 2. The van der Waals surface area contributed by atoms with Gasteiger partial charge in [0.2, 0.25) is 11.8 Å². The van der Waals surface area contributed by atoms with Crippen LogP contribution in [0.4, 0.5) is 11.4 Å². The fourth-order valence-corrected chi connectivity index (χ4v) is 4.79. The number of hydrogen-bond donors (Lipinski definition) is 1. The molecular weight excluding hydrogens is 472 g/mol. The first-order valence-electron chi connectivity index (χ1n) is 8.91. The number of hydrogen-bond acceptors (Lipinski definition) is 6. The number of nitrogens with one attached hydrogen (secondary N) is 1. The van der Waals surface area contributed by atoms with Gasteiger partial charge in [-0.25, -0.2) is 0 Å². The highest BCUT2D eigenvalue weighted by atomic mass is 79.9. The maximum atomic E-state index is 12.7. The third kappa shape index (κ3) is 4.68. The van der Waals surface area contributed by atoms with E-state index in [-0.39, 0.29) is 24.2 Å². The summed E-state index contributed by atoms with van der Waals surface area (Å²) in [7, 11) is 0. The minimum absolute atomic E-state index is 0.0318. The van der Waals surface area contributed by atoms with Gasteiger partial charge in [0.05, 0.1) is 5.92 Å². The Morgan fingerprint density at radius 1 is 1.28 bits per heavy atom. The Labute approximate surface area is 184 Å². The van der Waals surface area contributed by atoms with Crippen LogP contribution in [0.2, 0.25) is 0 Å². The van der Waals surface area contributed by atoms with Crippen LogP contribution >= 0.6 is 39.0 Å². The number of halogens is 1. The summed E-state index contributed by atoms with van der Waals surface area (Å²) in [4.78, 5) is 27.8. The van der Waals surface area contributed by atoms with E-state index < -0.39 is 0 Å². The molecule has 1 aromatic heterocycles. The van der Waals surface area contributed by atoms with Crippen molar-refractivity contribution in [2.24, 2.45) is 5.92 Å². The molecule has 0 aliphatic carbocycles. The van der Waals surface area contributed by atoms with Crippen molar-refractivity contribution in [3.63, 3.8) is 0 Å². The molecule has 1 aliphatic heterocycles. The first-order valence-corrected chi connectivity index (χ1v) is 11.4. The van der Waals surface area contributed by atoms with E-state index in [1.165, 1.54) is 23.1 Å². The van der Waals surface area contributed by atoms with Gasteiger partial charge in [-0.2, -0.15) is 0 Å². The summed E-state index contributed by atoms with van der Waals surface area (Å²) < 4.78 is 1.87. The molecule has 2 aromatic carbocycles. The van der Waals surface area contributed by atoms with Crippen molar-refractivity contribution in [2.75, 3.05) is 16.8 Å². The van der Waals surface area contributed by atoms with Crippen LogP contribution in [0.5, 0.6) is 0 Å². The highest BCUT2D eigenvalue weighted by Crippen LogP contribution is 2.31. The average Bonchev–Trinajstić information content (AvgIpc) is 3.35. The van der Waals surface area contributed by atoms with Crippen molar-refractivity contribution in [2.45, 2.75) is 22.6 Å². The van der Waals surface area contributed by atoms with Crippen LogP contribution in [-0.2, 0) is 9.59 Å². The summed E-state index contributed by atoms with van der Waals surface area (Å²) in [6, 6.07) is 13.3. The van der Waals surface area contributed by atoms with Crippen molar-refractivity contribution < 1.29 is 9.59 Å². The predicted octanol–water partition coefficient (Wildman–Crippen LogP) is 4.75. The quantitative estimate of drug-likeness (QED) is 0.560. The van der Waals surface area contributed by atoms with Gasteiger partial charge in [-0.1, -0.05) is 39.0 Å². The number of carbonyl (C=O) groups is 2. The van der Waals surface area contributed by atoms with Gasteiger partial charge in [0.1, 0.15) is 5.51 Å². The number of amides is 2. The van der Waals surface area contributed by atoms with E-state index in [0.717, 1.165) is 25.0 Å². The van der Waals surface area contributed by atoms with E-state index in [1.54, 1.807) is 10.4 Å². The van der Waals surface area contributed by atoms with E-state index in [0.29, 0.717) is 12.2 Å². The zero-order chi connectivity index (χ0) is 20.4. The second-order valence-corrected chi connectivity index (χ2v) is 9.67. The maximum absolute atomic E-state index is 12.7. The largest absolute Gasteiger partial charge is 0.326 e. The number of carbonyl (C=O) groups excluding carboxylic acids is 2. The Morgan fingerprint density at radius 3 is 2.76 bits per heavy atom. The van der Waals surface area contributed by atoms with Gasteiger partial charge in [0.15, 0.2) is 4.34 Å².